The van der Waals surface area contributed by atoms with Crippen molar-refractivity contribution in [2.24, 2.45) is 0 Å². The first kappa shape index (κ1) is 18.1. The van der Waals surface area contributed by atoms with Gasteiger partial charge in [-0.1, -0.05) is 35.9 Å². The Bertz CT molecular complexity index is 662. The number of benzene rings is 2. The monoisotopic (exact) mass is 348 g/mol. The van der Waals surface area contributed by atoms with Crippen molar-refractivity contribution in [3.63, 3.8) is 0 Å². The molecule has 0 aromatic heterocycles. The zero-order valence-corrected chi connectivity index (χ0v) is 14.2. The maximum atomic E-state index is 12.0. The number of nitrogens with one attached hydrogen (secondary N) is 2. The second-order valence-corrected chi connectivity index (χ2v) is 5.63. The van der Waals surface area contributed by atoms with Gasteiger partial charge in [0.1, 0.15) is 5.75 Å². The molecule has 0 aliphatic heterocycles. The maximum absolute atomic E-state index is 12.0. The van der Waals surface area contributed by atoms with Crippen LogP contribution in [0.15, 0.2) is 48.5 Å². The van der Waals surface area contributed by atoms with E-state index in [9.17, 15) is 9.90 Å². The molecular formula is C18H21ClN2O3. The van der Waals surface area contributed by atoms with Crippen molar-refractivity contribution in [1.29, 1.82) is 0 Å². The average molecular weight is 349 g/mol. The van der Waals surface area contributed by atoms with Gasteiger partial charge in [0.15, 0.2) is 0 Å². The van der Waals surface area contributed by atoms with E-state index in [-0.39, 0.29) is 12.6 Å². The zero-order valence-electron chi connectivity index (χ0n) is 13.5. The van der Waals surface area contributed by atoms with Gasteiger partial charge in [-0.2, -0.15) is 0 Å². The van der Waals surface area contributed by atoms with Crippen LogP contribution in [-0.4, -0.2) is 24.4 Å². The SMILES string of the molecule is CCOc1cccc(CNC(=O)NC(CO)c2ccc(Cl)cc2)c1. The van der Waals surface area contributed by atoms with Crippen LogP contribution in [0.25, 0.3) is 0 Å². The molecule has 5 nitrogen and oxygen atoms in total. The average Bonchev–Trinajstić information content (AvgIpc) is 2.59. The number of ether oxygens (including phenoxy) is 1. The van der Waals surface area contributed by atoms with Crippen LogP contribution in [-0.2, 0) is 6.54 Å². The van der Waals surface area contributed by atoms with Crippen molar-refractivity contribution in [2.75, 3.05) is 13.2 Å². The Labute approximate surface area is 146 Å². The molecule has 0 bridgehead atoms. The Morgan fingerprint density at radius 1 is 1.25 bits per heavy atom. The maximum Gasteiger partial charge on any atom is 0.315 e. The van der Waals surface area contributed by atoms with Crippen LogP contribution in [0, 0.1) is 0 Å². The highest BCUT2D eigenvalue weighted by molar-refractivity contribution is 6.30. The van der Waals surface area contributed by atoms with Crippen molar-refractivity contribution >= 4 is 17.6 Å². The van der Waals surface area contributed by atoms with Crippen molar-refractivity contribution in [3.8, 4) is 5.75 Å². The molecule has 1 unspecified atom stereocenters. The molecule has 0 aliphatic rings. The largest absolute Gasteiger partial charge is 0.494 e. The first-order valence-corrected chi connectivity index (χ1v) is 8.12. The molecule has 128 valence electrons. The van der Waals surface area contributed by atoms with E-state index in [1.165, 1.54) is 0 Å². The quantitative estimate of drug-likeness (QED) is 0.719. The number of hydrogen-bond acceptors (Lipinski definition) is 3. The summed E-state index contributed by atoms with van der Waals surface area (Å²) >= 11 is 5.85. The summed E-state index contributed by atoms with van der Waals surface area (Å²) in [6, 6.07) is 13.7. The topological polar surface area (TPSA) is 70.6 Å². The Morgan fingerprint density at radius 2 is 2.00 bits per heavy atom. The second-order valence-electron chi connectivity index (χ2n) is 5.19. The van der Waals surface area contributed by atoms with Crippen LogP contribution in [0.2, 0.25) is 5.02 Å². The highest BCUT2D eigenvalue weighted by Gasteiger charge is 2.13. The van der Waals surface area contributed by atoms with E-state index in [2.05, 4.69) is 10.6 Å². The number of halogens is 1. The second kappa shape index (κ2) is 9.15. The lowest BCUT2D eigenvalue weighted by molar-refractivity contribution is 0.216. The van der Waals surface area contributed by atoms with Gasteiger partial charge >= 0.3 is 6.03 Å². The van der Waals surface area contributed by atoms with Crippen LogP contribution in [0.4, 0.5) is 4.79 Å². The minimum absolute atomic E-state index is 0.200. The third kappa shape index (κ3) is 5.44. The number of rotatable bonds is 7. The number of urea groups is 1. The minimum atomic E-state index is -0.489. The number of amides is 2. The number of aliphatic hydroxyl groups is 1. The van der Waals surface area contributed by atoms with Gasteiger partial charge in [-0.3, -0.25) is 0 Å². The summed E-state index contributed by atoms with van der Waals surface area (Å²) in [6.45, 7) is 2.68. The molecule has 0 radical (unpaired) electrons. The fraction of sp³-hybridized carbons (Fsp3) is 0.278. The molecular weight excluding hydrogens is 328 g/mol. The molecule has 0 fully saturated rings. The highest BCUT2D eigenvalue weighted by Crippen LogP contribution is 2.16. The van der Waals surface area contributed by atoms with E-state index in [1.54, 1.807) is 24.3 Å². The molecule has 3 N–H and O–H groups in total. The van der Waals surface area contributed by atoms with Gasteiger partial charge < -0.3 is 20.5 Å². The third-order valence-corrected chi connectivity index (χ3v) is 3.67. The number of carbonyl (C=O) groups excluding carboxylic acids is 1. The van der Waals surface area contributed by atoms with Gasteiger partial charge in [0.2, 0.25) is 0 Å². The number of carbonyl (C=O) groups is 1. The van der Waals surface area contributed by atoms with Crippen molar-refractivity contribution in [2.45, 2.75) is 19.5 Å². The normalized spacial score (nSPS) is 11.6. The lowest BCUT2D eigenvalue weighted by atomic mass is 10.1. The summed E-state index contributed by atoms with van der Waals surface area (Å²) < 4.78 is 5.43. The fourth-order valence-electron chi connectivity index (χ4n) is 2.23. The fourth-order valence-corrected chi connectivity index (χ4v) is 2.36. The molecule has 2 aromatic carbocycles. The predicted molar refractivity (Wildman–Crippen MR) is 94.3 cm³/mol. The molecule has 0 heterocycles. The first-order valence-electron chi connectivity index (χ1n) is 7.74. The van der Waals surface area contributed by atoms with Crippen LogP contribution < -0.4 is 15.4 Å². The van der Waals surface area contributed by atoms with Crippen LogP contribution in [0.1, 0.15) is 24.1 Å². The number of hydrogen-bond donors (Lipinski definition) is 3. The van der Waals surface area contributed by atoms with Gasteiger partial charge in [-0.05, 0) is 42.3 Å². The molecule has 0 aliphatic carbocycles. The predicted octanol–water partition coefficient (Wildman–Crippen LogP) is 3.27. The molecule has 6 heteroatoms. The van der Waals surface area contributed by atoms with Crippen LogP contribution in [0.5, 0.6) is 5.75 Å². The van der Waals surface area contributed by atoms with E-state index < -0.39 is 6.04 Å². The van der Waals surface area contributed by atoms with Crippen LogP contribution in [0.3, 0.4) is 0 Å². The van der Waals surface area contributed by atoms with Gasteiger partial charge in [-0.25, -0.2) is 4.79 Å². The third-order valence-electron chi connectivity index (χ3n) is 3.42. The van der Waals surface area contributed by atoms with Crippen molar-refractivity contribution in [3.05, 3.63) is 64.7 Å². The molecule has 2 amide bonds. The number of aliphatic hydroxyl groups excluding tert-OH is 1. The van der Waals surface area contributed by atoms with Crippen molar-refractivity contribution in [1.82, 2.24) is 10.6 Å². The standard InChI is InChI=1S/C18H21ClN2O3/c1-2-24-16-5-3-4-13(10-16)11-20-18(23)21-17(12-22)14-6-8-15(19)9-7-14/h3-10,17,22H,2,11-12H2,1H3,(H2,20,21,23). The van der Waals surface area contributed by atoms with Crippen molar-refractivity contribution < 1.29 is 14.6 Å². The molecule has 2 rings (SSSR count). The molecule has 24 heavy (non-hydrogen) atoms. The smallest absolute Gasteiger partial charge is 0.315 e. The summed E-state index contributed by atoms with van der Waals surface area (Å²) in [7, 11) is 0. The highest BCUT2D eigenvalue weighted by atomic mass is 35.5. The molecule has 0 saturated carbocycles. The van der Waals surface area contributed by atoms with E-state index >= 15 is 0 Å². The van der Waals surface area contributed by atoms with Gasteiger partial charge in [0.25, 0.3) is 0 Å². The summed E-state index contributed by atoms with van der Waals surface area (Å²) in [4.78, 5) is 12.0. The lowest BCUT2D eigenvalue weighted by Crippen LogP contribution is -2.38. The van der Waals surface area contributed by atoms with Crippen LogP contribution >= 0.6 is 11.6 Å². The Balaban J connectivity index is 1.89. The lowest BCUT2D eigenvalue weighted by Gasteiger charge is -2.17. The minimum Gasteiger partial charge on any atom is -0.494 e. The van der Waals surface area contributed by atoms with Gasteiger partial charge in [-0.15, -0.1) is 0 Å². The van der Waals surface area contributed by atoms with Gasteiger partial charge in [0, 0.05) is 11.6 Å². The van der Waals surface area contributed by atoms with Gasteiger partial charge in [0.05, 0.1) is 19.3 Å². The summed E-state index contributed by atoms with van der Waals surface area (Å²) in [5, 5.41) is 15.6. The molecule has 2 aromatic rings. The van der Waals surface area contributed by atoms with E-state index in [0.717, 1.165) is 16.9 Å². The molecule has 0 saturated heterocycles. The Kier molecular flexibility index (Phi) is 6.90. The zero-order chi connectivity index (χ0) is 17.4. The molecule has 1 atom stereocenters. The van der Waals surface area contributed by atoms with E-state index in [4.69, 9.17) is 16.3 Å². The summed E-state index contributed by atoms with van der Waals surface area (Å²) in [5.41, 5.74) is 1.72. The summed E-state index contributed by atoms with van der Waals surface area (Å²) in [6.07, 6.45) is 0. The van der Waals surface area contributed by atoms with E-state index in [1.807, 2.05) is 31.2 Å². The Hall–Kier alpha value is -2.24. The summed E-state index contributed by atoms with van der Waals surface area (Å²) in [5.74, 6) is 0.770. The Morgan fingerprint density at radius 3 is 2.67 bits per heavy atom. The van der Waals surface area contributed by atoms with E-state index in [0.29, 0.717) is 18.2 Å². The first-order chi connectivity index (χ1) is 11.6. The molecule has 0 spiro atoms.